The summed E-state index contributed by atoms with van der Waals surface area (Å²) in [5, 5.41) is 13.7. The number of rotatable bonds is 5. The number of aliphatic hydroxyl groups excluding tert-OH is 1. The summed E-state index contributed by atoms with van der Waals surface area (Å²) in [4.78, 5) is 14.7. The van der Waals surface area contributed by atoms with E-state index in [1.807, 2.05) is 0 Å². The summed E-state index contributed by atoms with van der Waals surface area (Å²) in [5.74, 6) is -0.398. The van der Waals surface area contributed by atoms with Crippen molar-refractivity contribution in [3.05, 3.63) is 40.3 Å². The average Bonchev–Trinajstić information content (AvgIpc) is 2.42. The zero-order chi connectivity index (χ0) is 16.0. The first-order valence-electron chi connectivity index (χ1n) is 6.38. The molecule has 1 aromatic rings. The molecular formula is C14H19N3O4. The Morgan fingerprint density at radius 1 is 1.38 bits per heavy atom. The number of azide groups is 1. The average molecular weight is 293 g/mol. The number of carbonyl (C=O) groups is 1. The number of aliphatic hydroxyl groups is 1. The second kappa shape index (κ2) is 6.97. The zero-order valence-corrected chi connectivity index (χ0v) is 12.5. The zero-order valence-electron chi connectivity index (χ0n) is 12.5. The number of benzene rings is 1. The van der Waals surface area contributed by atoms with Crippen LogP contribution in [-0.4, -0.2) is 29.8 Å². The number of ether oxygens (including phenoxy) is 2. The third-order valence-corrected chi connectivity index (χ3v) is 2.58. The van der Waals surface area contributed by atoms with E-state index in [4.69, 9.17) is 15.0 Å². The lowest BCUT2D eigenvalue weighted by Crippen LogP contribution is -2.34. The van der Waals surface area contributed by atoms with Gasteiger partial charge in [0.1, 0.15) is 17.5 Å². The fourth-order valence-corrected chi connectivity index (χ4v) is 1.74. The molecular weight excluding hydrogens is 274 g/mol. The van der Waals surface area contributed by atoms with Crippen molar-refractivity contribution in [2.45, 2.75) is 38.5 Å². The lowest BCUT2D eigenvalue weighted by molar-refractivity contribution is -0.159. The van der Waals surface area contributed by atoms with Crippen LogP contribution in [0.2, 0.25) is 0 Å². The Kier molecular flexibility index (Phi) is 5.58. The first-order valence-corrected chi connectivity index (χ1v) is 6.38. The van der Waals surface area contributed by atoms with Crippen LogP contribution in [-0.2, 0) is 9.53 Å². The second-order valence-corrected chi connectivity index (χ2v) is 5.37. The van der Waals surface area contributed by atoms with E-state index in [2.05, 4.69) is 10.0 Å². The summed E-state index contributed by atoms with van der Waals surface area (Å²) in [6.45, 7) is 5.06. The quantitative estimate of drug-likeness (QED) is 0.390. The Hall–Kier alpha value is -2.24. The molecule has 0 spiro atoms. The SMILES string of the molecule is COc1ccccc1[C@H](O)[C@H](N=[N+]=[N-])C(=O)OC(C)(C)C. The minimum absolute atomic E-state index is 0.350. The molecule has 0 aliphatic heterocycles. The van der Waals surface area contributed by atoms with Gasteiger partial charge in [0.15, 0.2) is 6.04 Å². The molecule has 0 unspecified atom stereocenters. The molecule has 0 bridgehead atoms. The molecule has 21 heavy (non-hydrogen) atoms. The van der Waals surface area contributed by atoms with Crippen molar-refractivity contribution in [1.82, 2.24) is 0 Å². The first-order chi connectivity index (χ1) is 9.80. The Morgan fingerprint density at radius 2 is 2.00 bits per heavy atom. The molecule has 0 radical (unpaired) electrons. The van der Waals surface area contributed by atoms with Gasteiger partial charge in [0, 0.05) is 10.5 Å². The molecule has 7 nitrogen and oxygen atoms in total. The summed E-state index contributed by atoms with van der Waals surface area (Å²) in [6, 6.07) is 5.26. The van der Waals surface area contributed by atoms with E-state index in [0.717, 1.165) is 0 Å². The van der Waals surface area contributed by atoms with Gasteiger partial charge in [0.25, 0.3) is 0 Å². The lowest BCUT2D eigenvalue weighted by atomic mass is 10.0. The van der Waals surface area contributed by atoms with Crippen LogP contribution in [0.15, 0.2) is 29.4 Å². The number of carbonyl (C=O) groups excluding carboxylic acids is 1. The van der Waals surface area contributed by atoms with E-state index in [9.17, 15) is 9.90 Å². The van der Waals surface area contributed by atoms with Gasteiger partial charge in [-0.25, -0.2) is 0 Å². The largest absolute Gasteiger partial charge is 0.496 e. The Labute approximate surface area is 123 Å². The highest BCUT2D eigenvalue weighted by atomic mass is 16.6. The van der Waals surface area contributed by atoms with Gasteiger partial charge < -0.3 is 14.6 Å². The van der Waals surface area contributed by atoms with Crippen molar-refractivity contribution >= 4 is 5.97 Å². The highest BCUT2D eigenvalue weighted by Crippen LogP contribution is 2.29. The van der Waals surface area contributed by atoms with Gasteiger partial charge >= 0.3 is 5.97 Å². The number of hydrogen-bond acceptors (Lipinski definition) is 5. The monoisotopic (exact) mass is 293 g/mol. The van der Waals surface area contributed by atoms with Crippen molar-refractivity contribution in [1.29, 1.82) is 0 Å². The Bertz CT molecular complexity index is 547. The van der Waals surface area contributed by atoms with E-state index in [0.29, 0.717) is 11.3 Å². The highest BCUT2D eigenvalue weighted by molar-refractivity contribution is 5.77. The predicted octanol–water partition coefficient (Wildman–Crippen LogP) is 2.75. The third-order valence-electron chi connectivity index (χ3n) is 2.58. The van der Waals surface area contributed by atoms with Gasteiger partial charge in [-0.3, -0.25) is 4.79 Å². The summed E-state index contributed by atoms with van der Waals surface area (Å²) in [6.07, 6.45) is -1.35. The molecule has 7 heteroatoms. The molecule has 0 saturated carbocycles. The van der Waals surface area contributed by atoms with Crippen LogP contribution in [0.1, 0.15) is 32.4 Å². The summed E-state index contributed by atoms with van der Waals surface area (Å²) < 4.78 is 10.3. The maximum absolute atomic E-state index is 12.1. The summed E-state index contributed by atoms with van der Waals surface area (Å²) >= 11 is 0. The maximum atomic E-state index is 12.1. The normalized spacial score (nSPS) is 13.8. The smallest absolute Gasteiger partial charge is 0.318 e. The molecule has 1 aromatic carbocycles. The second-order valence-electron chi connectivity index (χ2n) is 5.37. The van der Waals surface area contributed by atoms with Crippen LogP contribution in [0.5, 0.6) is 5.75 Å². The maximum Gasteiger partial charge on any atom is 0.318 e. The number of esters is 1. The van der Waals surface area contributed by atoms with Crippen molar-refractivity contribution in [3.8, 4) is 5.75 Å². The Morgan fingerprint density at radius 3 is 2.52 bits per heavy atom. The van der Waals surface area contributed by atoms with Gasteiger partial charge in [-0.2, -0.15) is 0 Å². The van der Waals surface area contributed by atoms with E-state index in [1.165, 1.54) is 7.11 Å². The van der Waals surface area contributed by atoms with Crippen LogP contribution in [0, 0.1) is 0 Å². The summed E-state index contributed by atoms with van der Waals surface area (Å²) in [5.41, 5.74) is 8.22. The van der Waals surface area contributed by atoms with Crippen molar-refractivity contribution in [3.63, 3.8) is 0 Å². The van der Waals surface area contributed by atoms with E-state index < -0.39 is 23.7 Å². The topological polar surface area (TPSA) is 105 Å². The van der Waals surface area contributed by atoms with Crippen LogP contribution >= 0.6 is 0 Å². The first kappa shape index (κ1) is 16.8. The van der Waals surface area contributed by atoms with Crippen LogP contribution in [0.3, 0.4) is 0 Å². The van der Waals surface area contributed by atoms with Crippen LogP contribution < -0.4 is 4.74 Å². The standard InChI is InChI=1S/C14H19N3O4/c1-14(2,3)21-13(19)11(16-17-15)12(18)9-7-5-6-8-10(9)20-4/h5-8,11-12,18H,1-4H3/t11-,12-/m0/s1. The highest BCUT2D eigenvalue weighted by Gasteiger charge is 2.32. The van der Waals surface area contributed by atoms with E-state index in [-0.39, 0.29) is 0 Å². The van der Waals surface area contributed by atoms with Crippen molar-refractivity contribution in [2.24, 2.45) is 5.11 Å². The minimum Gasteiger partial charge on any atom is -0.496 e. The van der Waals surface area contributed by atoms with Gasteiger partial charge in [0.2, 0.25) is 0 Å². The molecule has 0 aliphatic rings. The number of para-hydroxylation sites is 1. The molecule has 0 heterocycles. The van der Waals surface area contributed by atoms with Crippen LogP contribution in [0.4, 0.5) is 0 Å². The molecule has 0 amide bonds. The molecule has 1 N–H and O–H groups in total. The number of nitrogens with zero attached hydrogens (tertiary/aromatic N) is 3. The molecule has 114 valence electrons. The Balaban J connectivity index is 3.10. The fourth-order valence-electron chi connectivity index (χ4n) is 1.74. The van der Waals surface area contributed by atoms with Crippen molar-refractivity contribution < 1.29 is 19.4 Å². The number of methoxy groups -OCH3 is 1. The van der Waals surface area contributed by atoms with Gasteiger partial charge in [-0.15, -0.1) is 0 Å². The van der Waals surface area contributed by atoms with Gasteiger partial charge in [-0.05, 0) is 32.4 Å². The third kappa shape index (κ3) is 4.66. The van der Waals surface area contributed by atoms with Crippen LogP contribution in [0.25, 0.3) is 10.4 Å². The van der Waals surface area contributed by atoms with E-state index in [1.54, 1.807) is 45.0 Å². The lowest BCUT2D eigenvalue weighted by Gasteiger charge is -2.25. The molecule has 0 aromatic heterocycles. The number of hydrogen-bond donors (Lipinski definition) is 1. The molecule has 0 saturated heterocycles. The van der Waals surface area contributed by atoms with Crippen molar-refractivity contribution in [2.75, 3.05) is 7.11 Å². The minimum atomic E-state index is -1.38. The van der Waals surface area contributed by atoms with Gasteiger partial charge in [0.05, 0.1) is 7.11 Å². The molecule has 0 aliphatic carbocycles. The predicted molar refractivity (Wildman–Crippen MR) is 76.7 cm³/mol. The summed E-state index contributed by atoms with van der Waals surface area (Å²) in [7, 11) is 1.45. The van der Waals surface area contributed by atoms with E-state index >= 15 is 0 Å². The molecule has 1 rings (SSSR count). The molecule has 2 atom stereocenters. The fraction of sp³-hybridized carbons (Fsp3) is 0.500. The molecule has 0 fully saturated rings. The van der Waals surface area contributed by atoms with Gasteiger partial charge in [-0.1, -0.05) is 23.3 Å².